The van der Waals surface area contributed by atoms with Crippen LogP contribution < -0.4 is 10.0 Å². The van der Waals surface area contributed by atoms with Gasteiger partial charge in [0.2, 0.25) is 0 Å². The number of benzene rings is 3. The van der Waals surface area contributed by atoms with Crippen molar-refractivity contribution in [2.24, 2.45) is 5.92 Å². The Bertz CT molecular complexity index is 1260. The van der Waals surface area contributed by atoms with Gasteiger partial charge in [0, 0.05) is 26.8 Å². The predicted molar refractivity (Wildman–Crippen MR) is 129 cm³/mol. The monoisotopic (exact) mass is 514 g/mol. The van der Waals surface area contributed by atoms with Crippen molar-refractivity contribution in [3.63, 3.8) is 0 Å². The first kappa shape index (κ1) is 20.6. The molecule has 7 heteroatoms. The quantitative estimate of drug-likeness (QED) is 0.379. The van der Waals surface area contributed by atoms with Gasteiger partial charge in [-0.25, -0.2) is 8.42 Å². The normalized spacial score (nSPS) is 21.8. The number of allylic oxidation sites excluding steroid dienone is 2. The van der Waals surface area contributed by atoms with Gasteiger partial charge in [-0.1, -0.05) is 51.8 Å². The molecule has 0 amide bonds. The maximum Gasteiger partial charge on any atom is 0.261 e. The molecule has 158 valence electrons. The minimum absolute atomic E-state index is 0.176. The highest BCUT2D eigenvalue weighted by molar-refractivity contribution is 9.10. The summed E-state index contributed by atoms with van der Waals surface area (Å²) >= 11 is 9.40. The zero-order valence-electron chi connectivity index (χ0n) is 16.4. The van der Waals surface area contributed by atoms with Crippen molar-refractivity contribution in [3.05, 3.63) is 99.5 Å². The molecule has 3 aromatic carbocycles. The SMILES string of the molecule is O=S(=O)(Nc1ccc(Cl)cc1)c1ccc2c(c1)[C@H]1C=CC[C@H]1[C@@H](c1ccc(Br)cc1)N2. The Kier molecular flexibility index (Phi) is 5.32. The molecule has 1 aliphatic carbocycles. The molecule has 0 saturated carbocycles. The highest BCUT2D eigenvalue weighted by atomic mass is 79.9. The van der Waals surface area contributed by atoms with E-state index >= 15 is 0 Å². The minimum Gasteiger partial charge on any atom is -0.378 e. The Morgan fingerprint density at radius 1 is 1.00 bits per heavy atom. The molecule has 0 saturated heterocycles. The smallest absolute Gasteiger partial charge is 0.261 e. The molecule has 0 bridgehead atoms. The number of nitrogens with one attached hydrogen (secondary N) is 2. The fraction of sp³-hybridized carbons (Fsp3) is 0.167. The summed E-state index contributed by atoms with van der Waals surface area (Å²) in [6.45, 7) is 0. The maximum atomic E-state index is 13.0. The standard InChI is InChI=1S/C24H20BrClN2O2S/c25-16-6-4-15(5-7-16)24-21-3-1-2-20(21)22-14-19(12-13-23(22)27-24)31(29,30)28-18-10-8-17(26)9-11-18/h1-2,4-14,20-21,24,27-28H,3H2/t20-,21+,24+/m0/s1. The summed E-state index contributed by atoms with van der Waals surface area (Å²) in [6.07, 6.45) is 5.36. The van der Waals surface area contributed by atoms with Crippen LogP contribution in [-0.2, 0) is 10.0 Å². The van der Waals surface area contributed by atoms with Gasteiger partial charge in [0.25, 0.3) is 10.0 Å². The molecule has 0 radical (unpaired) electrons. The van der Waals surface area contributed by atoms with Gasteiger partial charge in [-0.3, -0.25) is 4.72 Å². The van der Waals surface area contributed by atoms with Gasteiger partial charge in [0.15, 0.2) is 0 Å². The molecule has 1 aliphatic heterocycles. The molecular weight excluding hydrogens is 496 g/mol. The van der Waals surface area contributed by atoms with Gasteiger partial charge in [0.1, 0.15) is 0 Å². The summed E-state index contributed by atoms with van der Waals surface area (Å²) in [7, 11) is -3.71. The maximum absolute atomic E-state index is 13.0. The van der Waals surface area contributed by atoms with Crippen LogP contribution in [0.15, 0.2) is 88.3 Å². The molecule has 0 unspecified atom stereocenters. The minimum atomic E-state index is -3.71. The third-order valence-electron chi connectivity index (χ3n) is 5.97. The lowest BCUT2D eigenvalue weighted by Crippen LogP contribution is -2.29. The van der Waals surface area contributed by atoms with Crippen LogP contribution in [0.25, 0.3) is 0 Å². The third-order valence-corrected chi connectivity index (χ3v) is 8.13. The number of sulfonamides is 1. The number of hydrogen-bond donors (Lipinski definition) is 2. The lowest BCUT2D eigenvalue weighted by atomic mass is 9.77. The van der Waals surface area contributed by atoms with E-state index in [0.29, 0.717) is 16.6 Å². The average Bonchev–Trinajstić information content (AvgIpc) is 3.25. The molecule has 3 aromatic rings. The lowest BCUT2D eigenvalue weighted by molar-refractivity contribution is 0.425. The summed E-state index contributed by atoms with van der Waals surface area (Å²) in [5, 5.41) is 4.21. The van der Waals surface area contributed by atoms with Crippen LogP contribution in [0.4, 0.5) is 11.4 Å². The van der Waals surface area contributed by atoms with E-state index < -0.39 is 10.0 Å². The summed E-state index contributed by atoms with van der Waals surface area (Å²) in [5.41, 5.74) is 3.71. The van der Waals surface area contributed by atoms with Crippen LogP contribution in [-0.4, -0.2) is 8.42 Å². The van der Waals surface area contributed by atoms with E-state index in [1.54, 1.807) is 36.4 Å². The summed E-state index contributed by atoms with van der Waals surface area (Å²) in [4.78, 5) is 0.254. The Hall–Kier alpha value is -2.28. The molecule has 2 aliphatic rings. The van der Waals surface area contributed by atoms with Crippen molar-refractivity contribution in [3.8, 4) is 0 Å². The number of anilines is 2. The topological polar surface area (TPSA) is 58.2 Å². The molecule has 0 aromatic heterocycles. The molecule has 3 atom stereocenters. The van der Waals surface area contributed by atoms with E-state index in [2.05, 4.69) is 62.4 Å². The lowest BCUT2D eigenvalue weighted by Gasteiger charge is -2.37. The van der Waals surface area contributed by atoms with Crippen molar-refractivity contribution in [2.45, 2.75) is 23.3 Å². The van der Waals surface area contributed by atoms with E-state index in [4.69, 9.17) is 11.6 Å². The first-order chi connectivity index (χ1) is 14.9. The van der Waals surface area contributed by atoms with Gasteiger partial charge in [-0.15, -0.1) is 0 Å². The van der Waals surface area contributed by atoms with Crippen LogP contribution in [0.2, 0.25) is 5.02 Å². The molecule has 1 heterocycles. The number of hydrogen-bond acceptors (Lipinski definition) is 3. The largest absolute Gasteiger partial charge is 0.378 e. The third kappa shape index (κ3) is 4.00. The fourth-order valence-electron chi connectivity index (χ4n) is 4.47. The molecule has 0 fully saturated rings. The second-order valence-corrected chi connectivity index (χ2v) is 10.9. The first-order valence-corrected chi connectivity index (χ1v) is 12.7. The second-order valence-electron chi connectivity index (χ2n) is 7.89. The predicted octanol–water partition coefficient (Wildman–Crippen LogP) is 6.73. The van der Waals surface area contributed by atoms with Crippen molar-refractivity contribution in [2.75, 3.05) is 10.0 Å². The molecule has 31 heavy (non-hydrogen) atoms. The van der Waals surface area contributed by atoms with Crippen molar-refractivity contribution < 1.29 is 8.42 Å². The zero-order chi connectivity index (χ0) is 21.6. The Morgan fingerprint density at radius 2 is 1.74 bits per heavy atom. The van der Waals surface area contributed by atoms with E-state index in [9.17, 15) is 8.42 Å². The highest BCUT2D eigenvalue weighted by Gasteiger charge is 2.38. The van der Waals surface area contributed by atoms with Crippen LogP contribution in [0, 0.1) is 5.92 Å². The van der Waals surface area contributed by atoms with E-state index in [-0.39, 0.29) is 16.9 Å². The van der Waals surface area contributed by atoms with Gasteiger partial charge < -0.3 is 5.32 Å². The Balaban J connectivity index is 1.48. The second kappa shape index (κ2) is 8.01. The van der Waals surface area contributed by atoms with E-state index in [0.717, 1.165) is 22.1 Å². The number of rotatable bonds is 4. The summed E-state index contributed by atoms with van der Waals surface area (Å²) in [5.74, 6) is 0.520. The highest BCUT2D eigenvalue weighted by Crippen LogP contribution is 2.50. The van der Waals surface area contributed by atoms with Crippen LogP contribution in [0.3, 0.4) is 0 Å². The average molecular weight is 516 g/mol. The first-order valence-electron chi connectivity index (χ1n) is 10.0. The van der Waals surface area contributed by atoms with E-state index in [1.807, 2.05) is 6.07 Å². The van der Waals surface area contributed by atoms with Crippen molar-refractivity contribution in [1.29, 1.82) is 0 Å². The zero-order valence-corrected chi connectivity index (χ0v) is 19.6. The summed E-state index contributed by atoms with van der Waals surface area (Å²) < 4.78 is 29.7. The molecule has 0 spiro atoms. The Labute approximate surface area is 195 Å². The van der Waals surface area contributed by atoms with Crippen molar-refractivity contribution in [1.82, 2.24) is 0 Å². The van der Waals surface area contributed by atoms with Crippen LogP contribution >= 0.6 is 27.5 Å². The van der Waals surface area contributed by atoms with Crippen LogP contribution in [0.1, 0.15) is 29.5 Å². The Morgan fingerprint density at radius 3 is 2.48 bits per heavy atom. The van der Waals surface area contributed by atoms with E-state index in [1.165, 1.54) is 5.56 Å². The number of halogens is 2. The number of fused-ring (bicyclic) bond motifs is 3. The molecule has 2 N–H and O–H groups in total. The molecular formula is C24H20BrClN2O2S. The van der Waals surface area contributed by atoms with Gasteiger partial charge in [-0.2, -0.15) is 0 Å². The van der Waals surface area contributed by atoms with Gasteiger partial charge in [-0.05, 0) is 78.1 Å². The molecule has 4 nitrogen and oxygen atoms in total. The summed E-state index contributed by atoms with van der Waals surface area (Å²) in [6, 6.07) is 20.5. The van der Waals surface area contributed by atoms with Crippen molar-refractivity contribution >= 4 is 48.9 Å². The molecule has 5 rings (SSSR count). The van der Waals surface area contributed by atoms with Gasteiger partial charge in [0.05, 0.1) is 10.9 Å². The van der Waals surface area contributed by atoms with Gasteiger partial charge >= 0.3 is 0 Å². The van der Waals surface area contributed by atoms with Crippen LogP contribution in [0.5, 0.6) is 0 Å². The fourth-order valence-corrected chi connectivity index (χ4v) is 5.96.